The highest BCUT2D eigenvalue weighted by Crippen LogP contribution is 2.21. The summed E-state index contributed by atoms with van der Waals surface area (Å²) >= 11 is 0. The Kier molecular flexibility index (Phi) is 5.62. The summed E-state index contributed by atoms with van der Waals surface area (Å²) in [4.78, 5) is 14.4. The summed E-state index contributed by atoms with van der Waals surface area (Å²) in [6.07, 6.45) is 1.36. The Morgan fingerprint density at radius 1 is 1.38 bits per heavy atom. The predicted molar refractivity (Wildman–Crippen MR) is 82.5 cm³/mol. The summed E-state index contributed by atoms with van der Waals surface area (Å²) in [6, 6.07) is 8.10. The first-order valence-electron chi connectivity index (χ1n) is 7.73. The average molecular weight is 291 g/mol. The second-order valence-corrected chi connectivity index (χ2v) is 5.58. The van der Waals surface area contributed by atoms with Crippen LogP contribution in [-0.2, 0) is 16.0 Å². The summed E-state index contributed by atoms with van der Waals surface area (Å²) in [5, 5.41) is 0. The quantitative estimate of drug-likeness (QED) is 0.837. The summed E-state index contributed by atoms with van der Waals surface area (Å²) in [7, 11) is 0. The molecule has 0 aliphatic carbocycles. The van der Waals surface area contributed by atoms with E-state index in [0.717, 1.165) is 11.3 Å². The predicted octanol–water partition coefficient (Wildman–Crippen LogP) is 2.65. The van der Waals surface area contributed by atoms with Gasteiger partial charge in [0.2, 0.25) is 5.91 Å². The first-order chi connectivity index (χ1) is 10.1. The Morgan fingerprint density at radius 2 is 2.14 bits per heavy atom. The van der Waals surface area contributed by atoms with E-state index < -0.39 is 0 Å². The van der Waals surface area contributed by atoms with Crippen molar-refractivity contribution >= 4 is 5.91 Å². The van der Waals surface area contributed by atoms with Gasteiger partial charge in [0, 0.05) is 13.0 Å². The number of carbonyl (C=O) groups is 1. The van der Waals surface area contributed by atoms with E-state index in [1.165, 1.54) is 0 Å². The number of hydrogen-bond donors (Lipinski definition) is 0. The van der Waals surface area contributed by atoms with Crippen LogP contribution in [0.25, 0.3) is 0 Å². The van der Waals surface area contributed by atoms with Crippen molar-refractivity contribution in [2.24, 2.45) is 0 Å². The monoisotopic (exact) mass is 291 g/mol. The van der Waals surface area contributed by atoms with Crippen molar-refractivity contribution in [1.29, 1.82) is 0 Å². The lowest BCUT2D eigenvalue weighted by atomic mass is 10.1. The van der Waals surface area contributed by atoms with E-state index in [0.29, 0.717) is 32.6 Å². The zero-order valence-corrected chi connectivity index (χ0v) is 13.2. The van der Waals surface area contributed by atoms with Gasteiger partial charge in [0.25, 0.3) is 0 Å². The maximum absolute atomic E-state index is 12.4. The molecule has 1 saturated heterocycles. The van der Waals surface area contributed by atoms with Crippen molar-refractivity contribution in [3.8, 4) is 5.75 Å². The van der Waals surface area contributed by atoms with Gasteiger partial charge in [-0.2, -0.15) is 0 Å². The number of amides is 1. The molecule has 1 amide bonds. The Labute approximate surface area is 127 Å². The lowest BCUT2D eigenvalue weighted by molar-refractivity contribution is -0.143. The van der Waals surface area contributed by atoms with Gasteiger partial charge in [-0.15, -0.1) is 0 Å². The summed E-state index contributed by atoms with van der Waals surface area (Å²) in [6.45, 7) is 7.98. The fourth-order valence-corrected chi connectivity index (χ4v) is 2.64. The number of benzene rings is 1. The van der Waals surface area contributed by atoms with Gasteiger partial charge in [-0.3, -0.25) is 4.79 Å². The van der Waals surface area contributed by atoms with Crippen LogP contribution in [0.1, 0.15) is 32.8 Å². The van der Waals surface area contributed by atoms with Crippen molar-refractivity contribution in [1.82, 2.24) is 4.90 Å². The number of carbonyl (C=O) groups excluding carboxylic acids is 1. The molecule has 1 aliphatic heterocycles. The standard InChI is InChI=1S/C17H25NO3/c1-4-20-16-8-6-5-7-15(16)9-10-17(19)18-11-14(3)21-12-13(18)2/h5-8,13-14H,4,9-12H2,1-3H3/t13-,14-/m0/s1. The highest BCUT2D eigenvalue weighted by atomic mass is 16.5. The van der Waals surface area contributed by atoms with Crippen LogP contribution < -0.4 is 4.74 Å². The summed E-state index contributed by atoms with van der Waals surface area (Å²) in [5.74, 6) is 1.08. The van der Waals surface area contributed by atoms with Crippen molar-refractivity contribution in [2.75, 3.05) is 19.8 Å². The normalized spacial score (nSPS) is 22.1. The first-order valence-corrected chi connectivity index (χ1v) is 7.73. The van der Waals surface area contributed by atoms with Crippen molar-refractivity contribution in [3.05, 3.63) is 29.8 Å². The fraction of sp³-hybridized carbons (Fsp3) is 0.588. The van der Waals surface area contributed by atoms with Crippen LogP contribution >= 0.6 is 0 Å². The molecule has 2 atom stereocenters. The number of para-hydroxylation sites is 1. The number of ether oxygens (including phenoxy) is 2. The fourth-order valence-electron chi connectivity index (χ4n) is 2.64. The molecule has 0 aromatic heterocycles. The molecule has 0 N–H and O–H groups in total. The van der Waals surface area contributed by atoms with Crippen LogP contribution in [0, 0.1) is 0 Å². The molecule has 1 aromatic carbocycles. The van der Waals surface area contributed by atoms with Gasteiger partial charge >= 0.3 is 0 Å². The molecule has 116 valence electrons. The third-order valence-corrected chi connectivity index (χ3v) is 3.81. The van der Waals surface area contributed by atoms with Gasteiger partial charge in [-0.05, 0) is 38.8 Å². The second-order valence-electron chi connectivity index (χ2n) is 5.58. The molecule has 1 aromatic rings. The van der Waals surface area contributed by atoms with Crippen LogP contribution in [0.3, 0.4) is 0 Å². The van der Waals surface area contributed by atoms with E-state index in [9.17, 15) is 4.79 Å². The van der Waals surface area contributed by atoms with Crippen LogP contribution in [0.2, 0.25) is 0 Å². The molecule has 0 radical (unpaired) electrons. The molecule has 1 fully saturated rings. The van der Waals surface area contributed by atoms with Gasteiger partial charge in [-0.1, -0.05) is 18.2 Å². The highest BCUT2D eigenvalue weighted by Gasteiger charge is 2.27. The molecule has 4 nitrogen and oxygen atoms in total. The topological polar surface area (TPSA) is 38.8 Å². The maximum atomic E-state index is 12.4. The Hall–Kier alpha value is -1.55. The highest BCUT2D eigenvalue weighted by molar-refractivity contribution is 5.77. The Balaban J connectivity index is 1.94. The molecule has 0 spiro atoms. The molecule has 0 bridgehead atoms. The number of nitrogens with zero attached hydrogens (tertiary/aromatic N) is 1. The van der Waals surface area contributed by atoms with Crippen LogP contribution in [-0.4, -0.2) is 42.7 Å². The molecule has 1 aliphatic rings. The van der Waals surface area contributed by atoms with Gasteiger partial charge in [0.15, 0.2) is 0 Å². The maximum Gasteiger partial charge on any atom is 0.223 e. The number of hydrogen-bond acceptors (Lipinski definition) is 3. The lowest BCUT2D eigenvalue weighted by Crippen LogP contribution is -2.50. The zero-order valence-electron chi connectivity index (χ0n) is 13.2. The minimum Gasteiger partial charge on any atom is -0.494 e. The molecule has 0 saturated carbocycles. The molecule has 2 rings (SSSR count). The van der Waals surface area contributed by atoms with E-state index in [-0.39, 0.29) is 18.1 Å². The van der Waals surface area contributed by atoms with E-state index in [4.69, 9.17) is 9.47 Å². The smallest absolute Gasteiger partial charge is 0.223 e. The van der Waals surface area contributed by atoms with E-state index >= 15 is 0 Å². The molecule has 4 heteroatoms. The van der Waals surface area contributed by atoms with Crippen LogP contribution in [0.15, 0.2) is 24.3 Å². The van der Waals surface area contributed by atoms with Gasteiger partial charge in [-0.25, -0.2) is 0 Å². The van der Waals surface area contributed by atoms with E-state index in [1.54, 1.807) is 0 Å². The molecule has 0 unspecified atom stereocenters. The molecule has 1 heterocycles. The Bertz CT molecular complexity index is 475. The number of morpholine rings is 1. The molecular formula is C17H25NO3. The largest absolute Gasteiger partial charge is 0.494 e. The third-order valence-electron chi connectivity index (χ3n) is 3.81. The minimum atomic E-state index is 0.126. The van der Waals surface area contributed by atoms with Crippen molar-refractivity contribution < 1.29 is 14.3 Å². The average Bonchev–Trinajstić information content (AvgIpc) is 2.49. The number of aryl methyl sites for hydroxylation is 1. The van der Waals surface area contributed by atoms with E-state index in [1.807, 2.05) is 49.9 Å². The van der Waals surface area contributed by atoms with E-state index in [2.05, 4.69) is 0 Å². The third kappa shape index (κ3) is 4.21. The SMILES string of the molecule is CCOc1ccccc1CCC(=O)N1C[C@H](C)OC[C@@H]1C. The Morgan fingerprint density at radius 3 is 2.90 bits per heavy atom. The number of rotatable bonds is 5. The molecular weight excluding hydrogens is 266 g/mol. The second kappa shape index (κ2) is 7.46. The zero-order chi connectivity index (χ0) is 15.2. The van der Waals surface area contributed by atoms with Crippen molar-refractivity contribution in [2.45, 2.75) is 45.8 Å². The van der Waals surface area contributed by atoms with Gasteiger partial charge < -0.3 is 14.4 Å². The van der Waals surface area contributed by atoms with Crippen LogP contribution in [0.5, 0.6) is 5.75 Å². The first kappa shape index (κ1) is 15.8. The summed E-state index contributed by atoms with van der Waals surface area (Å²) in [5.41, 5.74) is 1.10. The lowest BCUT2D eigenvalue weighted by Gasteiger charge is -2.37. The molecule has 21 heavy (non-hydrogen) atoms. The van der Waals surface area contributed by atoms with Gasteiger partial charge in [0.05, 0.1) is 25.4 Å². The minimum absolute atomic E-state index is 0.126. The van der Waals surface area contributed by atoms with Crippen LogP contribution in [0.4, 0.5) is 0 Å². The summed E-state index contributed by atoms with van der Waals surface area (Å²) < 4.78 is 11.2. The van der Waals surface area contributed by atoms with Crippen molar-refractivity contribution in [3.63, 3.8) is 0 Å². The van der Waals surface area contributed by atoms with Gasteiger partial charge in [0.1, 0.15) is 5.75 Å².